The van der Waals surface area contributed by atoms with Crippen LogP contribution in [0.25, 0.3) is 10.9 Å². The van der Waals surface area contributed by atoms with Crippen molar-refractivity contribution >= 4 is 44.9 Å². The van der Waals surface area contributed by atoms with E-state index in [1.165, 1.54) is 6.20 Å². The Balaban J connectivity index is 0.00000147. The average Bonchev–Trinajstić information content (AvgIpc) is 2.44. The first-order chi connectivity index (χ1) is 9.18. The summed E-state index contributed by atoms with van der Waals surface area (Å²) in [5.74, 6) is -1.75. The number of benzene rings is 1. The first-order valence-electron chi connectivity index (χ1n) is 6.06. The zero-order valence-electron chi connectivity index (χ0n) is 10.5. The minimum Gasteiger partial charge on any atom is -0.367 e. The largest absolute Gasteiger partial charge is 0.367 e. The van der Waals surface area contributed by atoms with Gasteiger partial charge in [0.25, 0.3) is 0 Å². The maximum Gasteiger partial charge on any atom is 0.185 e. The standard InChI is InChI=1S/C13H12BrF2N3.ClH/c14-9-7-18-12-8(1-2-10(15)11(12)16)13(9)19-5-3-17-4-6-19;/h1-2,7,17H,3-6H2;1H. The molecule has 0 amide bonds. The normalized spacial score (nSPS) is 15.2. The number of aromatic nitrogens is 1. The second-order valence-corrected chi connectivity index (χ2v) is 5.30. The molecule has 108 valence electrons. The Morgan fingerprint density at radius 2 is 1.90 bits per heavy atom. The van der Waals surface area contributed by atoms with Crippen molar-refractivity contribution in [1.29, 1.82) is 0 Å². The highest BCUT2D eigenvalue weighted by Crippen LogP contribution is 2.34. The van der Waals surface area contributed by atoms with Crippen molar-refractivity contribution in [2.45, 2.75) is 0 Å². The molecule has 0 unspecified atom stereocenters. The van der Waals surface area contributed by atoms with E-state index in [1.54, 1.807) is 6.07 Å². The molecule has 1 N–H and O–H groups in total. The summed E-state index contributed by atoms with van der Waals surface area (Å²) in [4.78, 5) is 6.15. The van der Waals surface area contributed by atoms with Gasteiger partial charge < -0.3 is 10.2 Å². The number of nitrogens with zero attached hydrogens (tertiary/aromatic N) is 2. The van der Waals surface area contributed by atoms with E-state index >= 15 is 0 Å². The van der Waals surface area contributed by atoms with Crippen LogP contribution in [0.15, 0.2) is 22.8 Å². The summed E-state index contributed by atoms with van der Waals surface area (Å²) in [7, 11) is 0. The zero-order valence-corrected chi connectivity index (χ0v) is 12.9. The molecule has 1 aliphatic heterocycles. The third-order valence-electron chi connectivity index (χ3n) is 3.29. The molecule has 3 rings (SSSR count). The zero-order chi connectivity index (χ0) is 13.4. The van der Waals surface area contributed by atoms with Gasteiger partial charge in [-0.25, -0.2) is 8.78 Å². The quantitative estimate of drug-likeness (QED) is 0.843. The van der Waals surface area contributed by atoms with Crippen molar-refractivity contribution < 1.29 is 8.78 Å². The lowest BCUT2D eigenvalue weighted by atomic mass is 10.1. The van der Waals surface area contributed by atoms with Crippen molar-refractivity contribution in [3.05, 3.63) is 34.4 Å². The van der Waals surface area contributed by atoms with Crippen LogP contribution in [-0.2, 0) is 0 Å². The van der Waals surface area contributed by atoms with Crippen LogP contribution in [-0.4, -0.2) is 31.2 Å². The summed E-state index contributed by atoms with van der Waals surface area (Å²) in [6.07, 6.45) is 1.53. The predicted octanol–water partition coefficient (Wildman–Crippen LogP) is 3.11. The molecule has 0 aliphatic carbocycles. The molecule has 1 aromatic carbocycles. The van der Waals surface area contributed by atoms with Crippen LogP contribution in [0.2, 0.25) is 0 Å². The molecular weight excluding hydrogens is 352 g/mol. The van der Waals surface area contributed by atoms with E-state index in [2.05, 4.69) is 31.1 Å². The van der Waals surface area contributed by atoms with Crippen molar-refractivity contribution in [1.82, 2.24) is 10.3 Å². The number of hydrogen-bond donors (Lipinski definition) is 1. The Kier molecular flexibility index (Phi) is 4.78. The SMILES string of the molecule is Cl.Fc1ccc2c(N3CCNCC3)c(Br)cnc2c1F. The minimum absolute atomic E-state index is 0. The van der Waals surface area contributed by atoms with E-state index in [9.17, 15) is 8.78 Å². The maximum absolute atomic E-state index is 13.8. The molecule has 1 aromatic heterocycles. The number of halogens is 4. The number of nitrogens with one attached hydrogen (secondary N) is 1. The fourth-order valence-electron chi connectivity index (χ4n) is 2.38. The molecule has 0 saturated carbocycles. The van der Waals surface area contributed by atoms with Gasteiger partial charge in [0.1, 0.15) is 5.52 Å². The molecule has 1 aliphatic rings. The highest BCUT2D eigenvalue weighted by Gasteiger charge is 2.19. The van der Waals surface area contributed by atoms with Gasteiger partial charge in [-0.05, 0) is 28.1 Å². The lowest BCUT2D eigenvalue weighted by Gasteiger charge is -2.31. The number of pyridine rings is 1. The third-order valence-corrected chi connectivity index (χ3v) is 3.87. The second-order valence-electron chi connectivity index (χ2n) is 4.45. The van der Waals surface area contributed by atoms with Crippen LogP contribution in [0, 0.1) is 11.6 Å². The topological polar surface area (TPSA) is 28.2 Å². The van der Waals surface area contributed by atoms with E-state index < -0.39 is 11.6 Å². The summed E-state index contributed by atoms with van der Waals surface area (Å²) >= 11 is 3.46. The van der Waals surface area contributed by atoms with E-state index in [4.69, 9.17) is 0 Å². The Labute approximate surface area is 129 Å². The van der Waals surface area contributed by atoms with Gasteiger partial charge >= 0.3 is 0 Å². The molecular formula is C13H13BrClF2N3. The Morgan fingerprint density at radius 3 is 2.60 bits per heavy atom. The van der Waals surface area contributed by atoms with Crippen molar-refractivity contribution in [2.75, 3.05) is 31.1 Å². The molecule has 2 heterocycles. The second kappa shape index (κ2) is 6.20. The van der Waals surface area contributed by atoms with Crippen LogP contribution in [0.1, 0.15) is 0 Å². The van der Waals surface area contributed by atoms with Gasteiger partial charge in [-0.2, -0.15) is 0 Å². The lowest BCUT2D eigenvalue weighted by molar-refractivity contribution is 0.515. The molecule has 0 spiro atoms. The highest BCUT2D eigenvalue weighted by atomic mass is 79.9. The van der Waals surface area contributed by atoms with E-state index in [-0.39, 0.29) is 17.9 Å². The first kappa shape index (κ1) is 15.4. The number of rotatable bonds is 1. The summed E-state index contributed by atoms with van der Waals surface area (Å²) in [6.45, 7) is 3.41. The van der Waals surface area contributed by atoms with Crippen molar-refractivity contribution in [2.24, 2.45) is 0 Å². The van der Waals surface area contributed by atoms with Crippen LogP contribution in [0.5, 0.6) is 0 Å². The van der Waals surface area contributed by atoms with Crippen molar-refractivity contribution in [3.8, 4) is 0 Å². The first-order valence-corrected chi connectivity index (χ1v) is 6.85. The highest BCUT2D eigenvalue weighted by molar-refractivity contribution is 9.10. The monoisotopic (exact) mass is 363 g/mol. The predicted molar refractivity (Wildman–Crippen MR) is 81.7 cm³/mol. The van der Waals surface area contributed by atoms with Crippen LogP contribution in [0.3, 0.4) is 0 Å². The average molecular weight is 365 g/mol. The van der Waals surface area contributed by atoms with Crippen LogP contribution >= 0.6 is 28.3 Å². The number of fused-ring (bicyclic) bond motifs is 1. The van der Waals surface area contributed by atoms with E-state index in [0.717, 1.165) is 42.4 Å². The smallest absolute Gasteiger partial charge is 0.185 e. The van der Waals surface area contributed by atoms with Gasteiger partial charge in [0.05, 0.1) is 10.2 Å². The fraction of sp³-hybridized carbons (Fsp3) is 0.308. The summed E-state index contributed by atoms with van der Waals surface area (Å²) in [5.41, 5.74) is 0.960. The summed E-state index contributed by atoms with van der Waals surface area (Å²) in [6, 6.07) is 2.74. The maximum atomic E-state index is 13.8. The van der Waals surface area contributed by atoms with Crippen LogP contribution < -0.4 is 10.2 Å². The molecule has 1 fully saturated rings. The van der Waals surface area contributed by atoms with Gasteiger partial charge in [-0.15, -0.1) is 12.4 Å². The number of hydrogen-bond acceptors (Lipinski definition) is 3. The molecule has 2 aromatic rings. The molecule has 7 heteroatoms. The van der Waals surface area contributed by atoms with Gasteiger partial charge in [0, 0.05) is 37.8 Å². The van der Waals surface area contributed by atoms with Crippen molar-refractivity contribution in [3.63, 3.8) is 0 Å². The Hall–Kier alpha value is -0.980. The number of piperazine rings is 1. The van der Waals surface area contributed by atoms with Gasteiger partial charge in [0.2, 0.25) is 0 Å². The summed E-state index contributed by atoms with van der Waals surface area (Å²) in [5, 5.41) is 3.90. The van der Waals surface area contributed by atoms with Crippen LogP contribution in [0.4, 0.5) is 14.5 Å². The molecule has 20 heavy (non-hydrogen) atoms. The van der Waals surface area contributed by atoms with E-state index in [0.29, 0.717) is 5.39 Å². The Bertz CT molecular complexity index is 633. The van der Waals surface area contributed by atoms with E-state index in [1.807, 2.05) is 0 Å². The molecule has 3 nitrogen and oxygen atoms in total. The van der Waals surface area contributed by atoms with Gasteiger partial charge in [-0.3, -0.25) is 4.98 Å². The minimum atomic E-state index is -0.888. The molecule has 0 atom stereocenters. The third kappa shape index (κ3) is 2.60. The number of anilines is 1. The molecule has 0 bridgehead atoms. The fourth-order valence-corrected chi connectivity index (χ4v) is 2.94. The molecule has 0 radical (unpaired) electrons. The molecule has 1 saturated heterocycles. The van der Waals surface area contributed by atoms with Gasteiger partial charge in [-0.1, -0.05) is 0 Å². The Morgan fingerprint density at radius 1 is 1.20 bits per heavy atom. The lowest BCUT2D eigenvalue weighted by Crippen LogP contribution is -2.43. The van der Waals surface area contributed by atoms with Gasteiger partial charge in [0.15, 0.2) is 11.6 Å². The summed E-state index contributed by atoms with van der Waals surface area (Å²) < 4.78 is 27.9.